The Kier molecular flexibility index (Phi) is 3.88. The summed E-state index contributed by atoms with van der Waals surface area (Å²) in [6.07, 6.45) is 3.69. The number of nitrogens with two attached hydrogens (primary N) is 1. The van der Waals surface area contributed by atoms with E-state index in [1.165, 1.54) is 0 Å². The summed E-state index contributed by atoms with van der Waals surface area (Å²) in [6.45, 7) is 0. The van der Waals surface area contributed by atoms with Crippen LogP contribution in [0, 0.1) is 48.9 Å². The van der Waals surface area contributed by atoms with Crippen LogP contribution >= 0.6 is 22.6 Å². The molecule has 0 aliphatic heterocycles. The van der Waals surface area contributed by atoms with Crippen molar-refractivity contribution in [3.63, 3.8) is 0 Å². The van der Waals surface area contributed by atoms with Crippen LogP contribution in [0.5, 0.6) is 0 Å². The Bertz CT molecular complexity index is 829. The van der Waals surface area contributed by atoms with E-state index in [9.17, 15) is 15.8 Å². The standard InChI is InChI=1S/C18H13IN4/c19-12-6-4-11(5-7-12)16-14-3-1-2-13(14)15(8-20)17(23)18(16,9-21)10-22/h2,4-7,14,16H,1,3,23H2/t14-,16-/m1/s1. The van der Waals surface area contributed by atoms with Gasteiger partial charge in [-0.1, -0.05) is 18.2 Å². The summed E-state index contributed by atoms with van der Waals surface area (Å²) >= 11 is 2.22. The highest BCUT2D eigenvalue weighted by Gasteiger charge is 2.54. The Morgan fingerprint density at radius 2 is 1.78 bits per heavy atom. The van der Waals surface area contributed by atoms with Crippen molar-refractivity contribution in [1.29, 1.82) is 15.8 Å². The Balaban J connectivity index is 2.29. The lowest BCUT2D eigenvalue weighted by molar-refractivity contribution is 0.345. The van der Waals surface area contributed by atoms with Crippen LogP contribution in [-0.2, 0) is 0 Å². The predicted octanol–water partition coefficient (Wildman–Crippen LogP) is 3.49. The lowest BCUT2D eigenvalue weighted by Crippen LogP contribution is -2.41. The van der Waals surface area contributed by atoms with E-state index in [4.69, 9.17) is 5.73 Å². The molecule has 0 bridgehead atoms. The van der Waals surface area contributed by atoms with Gasteiger partial charge in [0.2, 0.25) is 0 Å². The van der Waals surface area contributed by atoms with Crippen molar-refractivity contribution in [1.82, 2.24) is 0 Å². The lowest BCUT2D eigenvalue weighted by Gasteiger charge is -2.40. The molecular weight excluding hydrogens is 399 g/mol. The van der Waals surface area contributed by atoms with E-state index in [-0.39, 0.29) is 17.5 Å². The molecule has 0 spiro atoms. The third-order valence-electron chi connectivity index (χ3n) is 4.79. The van der Waals surface area contributed by atoms with E-state index in [2.05, 4.69) is 40.8 Å². The second-order valence-electron chi connectivity index (χ2n) is 5.80. The third-order valence-corrected chi connectivity index (χ3v) is 5.51. The normalized spacial score (nSPS) is 24.9. The van der Waals surface area contributed by atoms with Gasteiger partial charge in [-0.25, -0.2) is 0 Å². The molecule has 0 heterocycles. The van der Waals surface area contributed by atoms with E-state index in [1.54, 1.807) is 0 Å². The van der Waals surface area contributed by atoms with E-state index in [1.807, 2.05) is 30.3 Å². The van der Waals surface area contributed by atoms with Gasteiger partial charge < -0.3 is 5.73 Å². The zero-order valence-electron chi connectivity index (χ0n) is 12.3. The van der Waals surface area contributed by atoms with E-state index < -0.39 is 5.41 Å². The average molecular weight is 412 g/mol. The number of fused-ring (bicyclic) bond motifs is 1. The molecule has 1 aromatic carbocycles. The minimum atomic E-state index is -1.50. The third kappa shape index (κ3) is 2.14. The fraction of sp³-hybridized carbons (Fsp3) is 0.278. The van der Waals surface area contributed by atoms with Gasteiger partial charge in [0.05, 0.1) is 23.4 Å². The Morgan fingerprint density at radius 3 is 2.35 bits per heavy atom. The number of allylic oxidation sites excluding steroid dienone is 4. The number of rotatable bonds is 1. The summed E-state index contributed by atoms with van der Waals surface area (Å²) in [5.74, 6) is -0.364. The molecule has 0 aromatic heterocycles. The molecule has 23 heavy (non-hydrogen) atoms. The smallest absolute Gasteiger partial charge is 0.191 e. The summed E-state index contributed by atoms with van der Waals surface area (Å²) in [7, 11) is 0. The number of nitrogens with zero attached hydrogens (tertiary/aromatic N) is 3. The SMILES string of the molecule is N#CC1=C(N)C(C#N)(C#N)[C@H](c2ccc(I)cc2)[C@@H]2CCC=C12. The van der Waals surface area contributed by atoms with E-state index in [0.29, 0.717) is 5.57 Å². The van der Waals surface area contributed by atoms with Crippen molar-refractivity contribution in [2.24, 2.45) is 17.1 Å². The van der Waals surface area contributed by atoms with E-state index >= 15 is 0 Å². The molecule has 2 aliphatic rings. The molecule has 0 amide bonds. The van der Waals surface area contributed by atoms with Crippen molar-refractivity contribution in [2.45, 2.75) is 18.8 Å². The average Bonchev–Trinajstić information content (AvgIpc) is 3.04. The Labute approximate surface area is 148 Å². The molecule has 3 rings (SSSR count). The van der Waals surface area contributed by atoms with Crippen LogP contribution in [0.1, 0.15) is 24.3 Å². The van der Waals surface area contributed by atoms with Gasteiger partial charge in [-0.3, -0.25) is 0 Å². The first-order valence-electron chi connectivity index (χ1n) is 7.27. The molecule has 2 N–H and O–H groups in total. The number of halogens is 1. The summed E-state index contributed by atoms with van der Waals surface area (Å²) in [6, 6.07) is 14.2. The minimum Gasteiger partial charge on any atom is -0.399 e. The van der Waals surface area contributed by atoms with Gasteiger partial charge in [0.1, 0.15) is 6.07 Å². The lowest BCUT2D eigenvalue weighted by atomic mass is 9.59. The molecule has 4 nitrogen and oxygen atoms in total. The molecule has 0 saturated heterocycles. The topological polar surface area (TPSA) is 97.4 Å². The quantitative estimate of drug-likeness (QED) is 0.714. The summed E-state index contributed by atoms with van der Waals surface area (Å²) in [5.41, 5.74) is 6.91. The van der Waals surface area contributed by atoms with Crippen LogP contribution in [0.25, 0.3) is 0 Å². The molecule has 2 atom stereocenters. The maximum absolute atomic E-state index is 9.81. The number of nitriles is 3. The second kappa shape index (κ2) is 5.72. The highest BCUT2D eigenvalue weighted by Crippen LogP contribution is 2.56. The van der Waals surface area contributed by atoms with Gasteiger partial charge in [0.25, 0.3) is 0 Å². The Morgan fingerprint density at radius 1 is 1.13 bits per heavy atom. The summed E-state index contributed by atoms with van der Waals surface area (Å²) in [5, 5.41) is 29.1. The molecule has 112 valence electrons. The largest absolute Gasteiger partial charge is 0.399 e. The van der Waals surface area contributed by atoms with Gasteiger partial charge in [-0.15, -0.1) is 0 Å². The van der Waals surface area contributed by atoms with Crippen LogP contribution in [0.3, 0.4) is 0 Å². The zero-order valence-corrected chi connectivity index (χ0v) is 14.4. The summed E-state index contributed by atoms with van der Waals surface area (Å²) < 4.78 is 1.09. The first kappa shape index (κ1) is 15.6. The predicted molar refractivity (Wildman–Crippen MR) is 93.2 cm³/mol. The number of hydrogen-bond acceptors (Lipinski definition) is 4. The van der Waals surface area contributed by atoms with Crippen molar-refractivity contribution in [3.05, 3.63) is 56.3 Å². The van der Waals surface area contributed by atoms with E-state index in [0.717, 1.165) is 27.5 Å². The van der Waals surface area contributed by atoms with Gasteiger partial charge in [-0.2, -0.15) is 15.8 Å². The van der Waals surface area contributed by atoms with Gasteiger partial charge >= 0.3 is 0 Å². The van der Waals surface area contributed by atoms with Crippen LogP contribution < -0.4 is 5.73 Å². The fourth-order valence-corrected chi connectivity index (χ4v) is 4.10. The molecule has 0 radical (unpaired) electrons. The number of hydrogen-bond donors (Lipinski definition) is 1. The van der Waals surface area contributed by atoms with Crippen LogP contribution in [0.4, 0.5) is 0 Å². The first-order chi connectivity index (χ1) is 11.1. The van der Waals surface area contributed by atoms with Crippen molar-refractivity contribution in [3.8, 4) is 18.2 Å². The molecular formula is C18H13IN4. The molecule has 0 saturated carbocycles. The van der Waals surface area contributed by atoms with Gasteiger partial charge in [0.15, 0.2) is 5.41 Å². The monoisotopic (exact) mass is 412 g/mol. The highest BCUT2D eigenvalue weighted by molar-refractivity contribution is 14.1. The first-order valence-corrected chi connectivity index (χ1v) is 8.35. The molecule has 2 aliphatic carbocycles. The van der Waals surface area contributed by atoms with Crippen molar-refractivity contribution >= 4 is 22.6 Å². The van der Waals surface area contributed by atoms with Crippen LogP contribution in [0.15, 0.2) is 47.2 Å². The van der Waals surface area contributed by atoms with Gasteiger partial charge in [-0.05, 0) is 64.6 Å². The molecule has 0 fully saturated rings. The van der Waals surface area contributed by atoms with Crippen molar-refractivity contribution < 1.29 is 0 Å². The second-order valence-corrected chi connectivity index (χ2v) is 7.05. The molecule has 5 heteroatoms. The maximum Gasteiger partial charge on any atom is 0.191 e. The van der Waals surface area contributed by atoms with Crippen LogP contribution in [0.2, 0.25) is 0 Å². The zero-order chi connectivity index (χ0) is 16.6. The van der Waals surface area contributed by atoms with Crippen LogP contribution in [-0.4, -0.2) is 0 Å². The molecule has 0 unspecified atom stereocenters. The number of benzene rings is 1. The highest BCUT2D eigenvalue weighted by atomic mass is 127. The minimum absolute atomic E-state index is 0.0173. The van der Waals surface area contributed by atoms with Gasteiger partial charge in [0, 0.05) is 9.49 Å². The van der Waals surface area contributed by atoms with Crippen molar-refractivity contribution in [2.75, 3.05) is 0 Å². The maximum atomic E-state index is 9.81. The molecule has 1 aromatic rings. The summed E-state index contributed by atoms with van der Waals surface area (Å²) in [4.78, 5) is 0. The Hall–Kier alpha value is -2.30. The fourth-order valence-electron chi connectivity index (χ4n) is 3.74.